The molecule has 1 aromatic carbocycles. The molecule has 0 amide bonds. The molecule has 0 aliphatic heterocycles. The Morgan fingerprint density at radius 3 is 3.00 bits per heavy atom. The number of benzene rings is 1. The fourth-order valence-electron chi connectivity index (χ4n) is 2.89. The number of ether oxygens (including phenoxy) is 1. The number of halogens is 1. The summed E-state index contributed by atoms with van der Waals surface area (Å²) in [6, 6.07) is 5.55. The van der Waals surface area contributed by atoms with Crippen molar-refractivity contribution in [2.45, 2.75) is 25.8 Å². The summed E-state index contributed by atoms with van der Waals surface area (Å²) in [4.78, 5) is 11.1. The molecule has 5 heteroatoms. The lowest BCUT2D eigenvalue weighted by Crippen LogP contribution is -2.28. The van der Waals surface area contributed by atoms with Crippen LogP contribution in [0.3, 0.4) is 0 Å². The molecule has 0 heterocycles. The molecule has 1 saturated carbocycles. The molecule has 0 bridgehead atoms. The van der Waals surface area contributed by atoms with E-state index >= 15 is 0 Å². The van der Waals surface area contributed by atoms with Crippen LogP contribution in [0.25, 0.3) is 0 Å². The van der Waals surface area contributed by atoms with E-state index in [0.717, 1.165) is 30.6 Å². The molecule has 20 heavy (non-hydrogen) atoms. The number of carboxylic acids is 1. The molecule has 2 atom stereocenters. The Kier molecular flexibility index (Phi) is 5.26. The van der Waals surface area contributed by atoms with Gasteiger partial charge in [-0.05, 0) is 37.4 Å². The minimum Gasteiger partial charge on any atom is -0.496 e. The van der Waals surface area contributed by atoms with E-state index in [1.807, 2.05) is 18.2 Å². The molecule has 2 N–H and O–H groups in total. The van der Waals surface area contributed by atoms with Crippen molar-refractivity contribution >= 4 is 17.6 Å². The lowest BCUT2D eigenvalue weighted by molar-refractivity contribution is -0.142. The van der Waals surface area contributed by atoms with Crippen molar-refractivity contribution in [3.63, 3.8) is 0 Å². The van der Waals surface area contributed by atoms with Crippen molar-refractivity contribution in [1.29, 1.82) is 0 Å². The van der Waals surface area contributed by atoms with Gasteiger partial charge < -0.3 is 15.2 Å². The lowest BCUT2D eigenvalue weighted by atomic mass is 9.96. The van der Waals surface area contributed by atoms with Gasteiger partial charge in [-0.1, -0.05) is 24.1 Å². The van der Waals surface area contributed by atoms with Crippen molar-refractivity contribution in [1.82, 2.24) is 5.32 Å². The Bertz CT molecular complexity index is 478. The van der Waals surface area contributed by atoms with Gasteiger partial charge in [-0.25, -0.2) is 0 Å². The highest BCUT2D eigenvalue weighted by atomic mass is 35.5. The predicted molar refractivity (Wildman–Crippen MR) is 78.2 cm³/mol. The van der Waals surface area contributed by atoms with Gasteiger partial charge in [0.1, 0.15) is 5.75 Å². The van der Waals surface area contributed by atoms with Crippen molar-refractivity contribution in [2.75, 3.05) is 13.7 Å². The van der Waals surface area contributed by atoms with Crippen LogP contribution in [0, 0.1) is 11.8 Å². The average molecular weight is 298 g/mol. The van der Waals surface area contributed by atoms with Gasteiger partial charge in [-0.2, -0.15) is 0 Å². The Morgan fingerprint density at radius 2 is 2.30 bits per heavy atom. The van der Waals surface area contributed by atoms with Gasteiger partial charge in [-0.15, -0.1) is 0 Å². The number of hydrogen-bond donors (Lipinski definition) is 2. The van der Waals surface area contributed by atoms with Crippen LogP contribution in [-0.2, 0) is 11.3 Å². The molecule has 0 aromatic heterocycles. The van der Waals surface area contributed by atoms with Gasteiger partial charge in [0.05, 0.1) is 13.0 Å². The molecule has 2 rings (SSSR count). The van der Waals surface area contributed by atoms with Crippen LogP contribution < -0.4 is 10.1 Å². The number of aliphatic carboxylic acids is 1. The number of carbonyl (C=O) groups is 1. The maximum absolute atomic E-state index is 11.1. The first kappa shape index (κ1) is 15.1. The highest BCUT2D eigenvalue weighted by Crippen LogP contribution is 2.32. The fraction of sp³-hybridized carbons (Fsp3) is 0.533. The van der Waals surface area contributed by atoms with E-state index in [9.17, 15) is 4.79 Å². The largest absolute Gasteiger partial charge is 0.496 e. The van der Waals surface area contributed by atoms with Crippen LogP contribution in [0.1, 0.15) is 24.8 Å². The molecule has 0 radical (unpaired) electrons. The number of rotatable bonds is 6. The van der Waals surface area contributed by atoms with Gasteiger partial charge in [0, 0.05) is 17.1 Å². The second-order valence-corrected chi connectivity index (χ2v) is 5.59. The van der Waals surface area contributed by atoms with Gasteiger partial charge in [0.15, 0.2) is 0 Å². The Hall–Kier alpha value is -1.26. The van der Waals surface area contributed by atoms with Crippen molar-refractivity contribution < 1.29 is 14.6 Å². The van der Waals surface area contributed by atoms with Crippen LogP contribution in [-0.4, -0.2) is 24.7 Å². The monoisotopic (exact) mass is 297 g/mol. The smallest absolute Gasteiger partial charge is 0.306 e. The molecule has 0 spiro atoms. The predicted octanol–water partition coefficient (Wildman–Crippen LogP) is 2.94. The SMILES string of the molecule is COc1cccc(Cl)c1CNCC1CCCC1C(=O)O. The maximum atomic E-state index is 11.1. The maximum Gasteiger partial charge on any atom is 0.306 e. The van der Waals surface area contributed by atoms with E-state index in [4.69, 9.17) is 21.4 Å². The van der Waals surface area contributed by atoms with E-state index in [1.165, 1.54) is 0 Å². The molecule has 4 nitrogen and oxygen atoms in total. The first-order valence-electron chi connectivity index (χ1n) is 6.88. The molecule has 1 fully saturated rings. The molecular formula is C15H20ClNO3. The summed E-state index contributed by atoms with van der Waals surface area (Å²) in [6.45, 7) is 1.29. The Morgan fingerprint density at radius 1 is 1.50 bits per heavy atom. The van der Waals surface area contributed by atoms with Crippen molar-refractivity contribution in [3.05, 3.63) is 28.8 Å². The van der Waals surface area contributed by atoms with Gasteiger partial charge in [-0.3, -0.25) is 4.79 Å². The Balaban J connectivity index is 1.92. The van der Waals surface area contributed by atoms with E-state index in [1.54, 1.807) is 7.11 Å². The quantitative estimate of drug-likeness (QED) is 0.847. The molecule has 1 aliphatic rings. The first-order valence-corrected chi connectivity index (χ1v) is 7.26. The number of nitrogens with one attached hydrogen (secondary N) is 1. The number of hydrogen-bond acceptors (Lipinski definition) is 3. The molecule has 1 aliphatic carbocycles. The minimum absolute atomic E-state index is 0.209. The summed E-state index contributed by atoms with van der Waals surface area (Å²) in [7, 11) is 1.62. The fourth-order valence-corrected chi connectivity index (χ4v) is 3.12. The third kappa shape index (κ3) is 3.44. The topological polar surface area (TPSA) is 58.6 Å². The van der Waals surface area contributed by atoms with E-state index in [2.05, 4.69) is 5.32 Å². The molecule has 2 unspecified atom stereocenters. The van der Waals surface area contributed by atoms with Crippen LogP contribution in [0.15, 0.2) is 18.2 Å². The summed E-state index contributed by atoms with van der Waals surface area (Å²) in [5, 5.41) is 13.1. The third-order valence-electron chi connectivity index (χ3n) is 3.98. The van der Waals surface area contributed by atoms with Crippen LogP contribution >= 0.6 is 11.6 Å². The molecule has 0 saturated heterocycles. The lowest BCUT2D eigenvalue weighted by Gasteiger charge is -2.17. The van der Waals surface area contributed by atoms with Gasteiger partial charge >= 0.3 is 5.97 Å². The zero-order chi connectivity index (χ0) is 14.5. The molecule has 1 aromatic rings. The highest BCUT2D eigenvalue weighted by molar-refractivity contribution is 6.31. The number of carboxylic acid groups (broad SMARTS) is 1. The van der Waals surface area contributed by atoms with Crippen molar-refractivity contribution in [3.8, 4) is 5.75 Å². The summed E-state index contributed by atoms with van der Waals surface area (Å²) in [5.74, 6) is 0.0763. The molecular weight excluding hydrogens is 278 g/mol. The van der Waals surface area contributed by atoms with Crippen LogP contribution in [0.2, 0.25) is 5.02 Å². The zero-order valence-electron chi connectivity index (χ0n) is 11.6. The second kappa shape index (κ2) is 6.95. The Labute approximate surface area is 124 Å². The first-order chi connectivity index (χ1) is 9.63. The van der Waals surface area contributed by atoms with Gasteiger partial charge in [0.25, 0.3) is 0 Å². The summed E-state index contributed by atoms with van der Waals surface area (Å²) >= 11 is 6.17. The average Bonchev–Trinajstić information content (AvgIpc) is 2.89. The standard InChI is InChI=1S/C15H20ClNO3/c1-20-14-7-3-6-13(16)12(14)9-17-8-10-4-2-5-11(10)15(18)19/h3,6-7,10-11,17H,2,4-5,8-9H2,1H3,(H,18,19). The number of methoxy groups -OCH3 is 1. The van der Waals surface area contributed by atoms with Crippen LogP contribution in [0.4, 0.5) is 0 Å². The normalized spacial score (nSPS) is 21.9. The zero-order valence-corrected chi connectivity index (χ0v) is 12.3. The highest BCUT2D eigenvalue weighted by Gasteiger charge is 2.32. The summed E-state index contributed by atoms with van der Waals surface area (Å²) < 4.78 is 5.29. The van der Waals surface area contributed by atoms with E-state index in [0.29, 0.717) is 18.1 Å². The second-order valence-electron chi connectivity index (χ2n) is 5.19. The minimum atomic E-state index is -0.676. The van der Waals surface area contributed by atoms with Crippen LogP contribution in [0.5, 0.6) is 5.75 Å². The summed E-state index contributed by atoms with van der Waals surface area (Å²) in [5.41, 5.74) is 0.918. The third-order valence-corrected chi connectivity index (χ3v) is 4.33. The molecule has 110 valence electrons. The van der Waals surface area contributed by atoms with E-state index in [-0.39, 0.29) is 11.8 Å². The summed E-state index contributed by atoms with van der Waals surface area (Å²) in [6.07, 6.45) is 2.76. The van der Waals surface area contributed by atoms with E-state index < -0.39 is 5.97 Å². The van der Waals surface area contributed by atoms with Crippen molar-refractivity contribution in [2.24, 2.45) is 11.8 Å². The van der Waals surface area contributed by atoms with Gasteiger partial charge in [0.2, 0.25) is 0 Å².